The minimum atomic E-state index is -0.478. The summed E-state index contributed by atoms with van der Waals surface area (Å²) in [5.74, 6) is 1.02. The monoisotopic (exact) mass is 362 g/mol. The van der Waals surface area contributed by atoms with Crippen molar-refractivity contribution in [2.75, 3.05) is 21.3 Å². The van der Waals surface area contributed by atoms with Crippen molar-refractivity contribution in [2.45, 2.75) is 6.61 Å². The summed E-state index contributed by atoms with van der Waals surface area (Å²) in [6.45, 7) is 0.109. The normalized spacial score (nSPS) is 10.6. The minimum absolute atomic E-state index is 0.109. The summed E-state index contributed by atoms with van der Waals surface area (Å²) in [5.41, 5.74) is 1.46. The number of carbonyl (C=O) groups is 1. The molecule has 0 radical (unpaired) electrons. The van der Waals surface area contributed by atoms with Gasteiger partial charge in [-0.1, -0.05) is 29.8 Å². The van der Waals surface area contributed by atoms with Gasteiger partial charge in [0.05, 0.1) is 21.3 Å². The molecule has 0 heterocycles. The third kappa shape index (κ3) is 4.90. The lowest BCUT2D eigenvalue weighted by molar-refractivity contribution is -0.138. The lowest BCUT2D eigenvalue weighted by Crippen LogP contribution is -2.01. The molecule has 0 spiro atoms. The van der Waals surface area contributed by atoms with E-state index in [0.29, 0.717) is 27.8 Å². The SMILES string of the molecule is COc1cc(/C=C/C(=O)OCc2ccccc2Cl)cc(OC)c1OC. The van der Waals surface area contributed by atoms with Gasteiger partial charge in [-0.05, 0) is 29.8 Å². The summed E-state index contributed by atoms with van der Waals surface area (Å²) >= 11 is 6.03. The first-order valence-corrected chi connectivity index (χ1v) is 7.85. The maximum absolute atomic E-state index is 11.9. The zero-order chi connectivity index (χ0) is 18.2. The minimum Gasteiger partial charge on any atom is -0.493 e. The van der Waals surface area contributed by atoms with Gasteiger partial charge < -0.3 is 18.9 Å². The van der Waals surface area contributed by atoms with Crippen LogP contribution in [0.4, 0.5) is 0 Å². The molecule has 132 valence electrons. The van der Waals surface area contributed by atoms with Crippen LogP contribution in [0.15, 0.2) is 42.5 Å². The molecule has 0 saturated heterocycles. The molecule has 0 N–H and O–H groups in total. The van der Waals surface area contributed by atoms with E-state index in [-0.39, 0.29) is 6.61 Å². The largest absolute Gasteiger partial charge is 0.493 e. The molecule has 0 atom stereocenters. The van der Waals surface area contributed by atoms with Crippen LogP contribution in [0.25, 0.3) is 6.08 Å². The second-order valence-electron chi connectivity index (χ2n) is 4.99. The van der Waals surface area contributed by atoms with Crippen LogP contribution in [-0.4, -0.2) is 27.3 Å². The fraction of sp³-hybridized carbons (Fsp3) is 0.211. The highest BCUT2D eigenvalue weighted by Gasteiger charge is 2.12. The summed E-state index contributed by atoms with van der Waals surface area (Å²) in [4.78, 5) is 11.9. The van der Waals surface area contributed by atoms with Crippen molar-refractivity contribution in [3.8, 4) is 17.2 Å². The molecule has 6 heteroatoms. The third-order valence-electron chi connectivity index (χ3n) is 3.43. The molecule has 2 aromatic carbocycles. The van der Waals surface area contributed by atoms with Crippen LogP contribution in [0.2, 0.25) is 5.02 Å². The van der Waals surface area contributed by atoms with Crippen molar-refractivity contribution >= 4 is 23.6 Å². The smallest absolute Gasteiger partial charge is 0.331 e. The average Bonchev–Trinajstić information content (AvgIpc) is 2.64. The van der Waals surface area contributed by atoms with Crippen molar-refractivity contribution < 1.29 is 23.7 Å². The van der Waals surface area contributed by atoms with E-state index in [9.17, 15) is 4.79 Å². The molecule has 0 fully saturated rings. The van der Waals surface area contributed by atoms with Crippen LogP contribution >= 0.6 is 11.6 Å². The molecule has 0 saturated carbocycles. The van der Waals surface area contributed by atoms with Crippen molar-refractivity contribution in [1.29, 1.82) is 0 Å². The number of carbonyl (C=O) groups excluding carboxylic acids is 1. The molecular weight excluding hydrogens is 344 g/mol. The maximum atomic E-state index is 11.9. The lowest BCUT2D eigenvalue weighted by atomic mass is 10.1. The average molecular weight is 363 g/mol. The maximum Gasteiger partial charge on any atom is 0.331 e. The Morgan fingerprint density at radius 3 is 2.24 bits per heavy atom. The predicted octanol–water partition coefficient (Wildman–Crippen LogP) is 4.12. The Hall–Kier alpha value is -2.66. The van der Waals surface area contributed by atoms with Crippen molar-refractivity contribution in [2.24, 2.45) is 0 Å². The van der Waals surface area contributed by atoms with Crippen molar-refractivity contribution in [3.05, 3.63) is 58.6 Å². The fourth-order valence-corrected chi connectivity index (χ4v) is 2.36. The van der Waals surface area contributed by atoms with Crippen molar-refractivity contribution in [3.63, 3.8) is 0 Å². The quantitative estimate of drug-likeness (QED) is 0.547. The van der Waals surface area contributed by atoms with Gasteiger partial charge in [0.25, 0.3) is 0 Å². The highest BCUT2D eigenvalue weighted by Crippen LogP contribution is 2.38. The number of ether oxygens (including phenoxy) is 4. The third-order valence-corrected chi connectivity index (χ3v) is 3.80. The van der Waals surface area contributed by atoms with E-state index >= 15 is 0 Å². The van der Waals surface area contributed by atoms with Crippen LogP contribution in [0.3, 0.4) is 0 Å². The topological polar surface area (TPSA) is 54.0 Å². The van der Waals surface area contributed by atoms with Crippen LogP contribution in [0, 0.1) is 0 Å². The second-order valence-corrected chi connectivity index (χ2v) is 5.40. The van der Waals surface area contributed by atoms with Crippen molar-refractivity contribution in [1.82, 2.24) is 0 Å². The summed E-state index contributed by atoms with van der Waals surface area (Å²) in [6, 6.07) is 10.7. The van der Waals surface area contributed by atoms with E-state index in [1.165, 1.54) is 27.4 Å². The van der Waals surface area contributed by atoms with E-state index < -0.39 is 5.97 Å². The van der Waals surface area contributed by atoms with E-state index in [1.807, 2.05) is 12.1 Å². The zero-order valence-electron chi connectivity index (χ0n) is 14.2. The molecule has 5 nitrogen and oxygen atoms in total. The molecule has 2 rings (SSSR count). The molecule has 0 bridgehead atoms. The standard InChI is InChI=1S/C19H19ClO5/c1-22-16-10-13(11-17(23-2)19(16)24-3)8-9-18(21)25-12-14-6-4-5-7-15(14)20/h4-11H,12H2,1-3H3/b9-8+. The Kier molecular flexibility index (Phi) is 6.71. The summed E-state index contributed by atoms with van der Waals surface area (Å²) in [6.07, 6.45) is 2.94. The van der Waals surface area contributed by atoms with Gasteiger partial charge in [0, 0.05) is 16.7 Å². The van der Waals surface area contributed by atoms with E-state index in [0.717, 1.165) is 5.56 Å². The van der Waals surface area contributed by atoms with Gasteiger partial charge in [-0.15, -0.1) is 0 Å². The first kappa shape index (κ1) is 18.7. The summed E-state index contributed by atoms with van der Waals surface area (Å²) < 4.78 is 21.0. The van der Waals surface area contributed by atoms with Gasteiger partial charge in [-0.25, -0.2) is 4.79 Å². The van der Waals surface area contributed by atoms with Gasteiger partial charge in [-0.3, -0.25) is 0 Å². The van der Waals surface area contributed by atoms with Crippen LogP contribution < -0.4 is 14.2 Å². The van der Waals surface area contributed by atoms with Gasteiger partial charge in [0.1, 0.15) is 6.61 Å². The number of halogens is 1. The Labute approximate surface area is 151 Å². The lowest BCUT2D eigenvalue weighted by Gasteiger charge is -2.12. The first-order valence-electron chi connectivity index (χ1n) is 7.47. The molecule has 2 aromatic rings. The van der Waals surface area contributed by atoms with E-state index in [4.69, 9.17) is 30.5 Å². The van der Waals surface area contributed by atoms with Crippen LogP contribution in [0.5, 0.6) is 17.2 Å². The Morgan fingerprint density at radius 2 is 1.68 bits per heavy atom. The zero-order valence-corrected chi connectivity index (χ0v) is 15.0. The number of hydrogen-bond donors (Lipinski definition) is 0. The molecule has 25 heavy (non-hydrogen) atoms. The van der Waals surface area contributed by atoms with Crippen LogP contribution in [0.1, 0.15) is 11.1 Å². The number of benzene rings is 2. The number of methoxy groups -OCH3 is 3. The summed E-state index contributed by atoms with van der Waals surface area (Å²) in [5, 5.41) is 0.559. The molecule has 0 amide bonds. The molecule has 0 unspecified atom stereocenters. The fourth-order valence-electron chi connectivity index (χ4n) is 2.17. The van der Waals surface area contributed by atoms with Gasteiger partial charge in [-0.2, -0.15) is 0 Å². The molecule has 0 aliphatic rings. The van der Waals surface area contributed by atoms with Crippen LogP contribution in [-0.2, 0) is 16.1 Å². The van der Waals surface area contributed by atoms with Gasteiger partial charge in [0.2, 0.25) is 5.75 Å². The first-order chi connectivity index (χ1) is 12.1. The predicted molar refractivity (Wildman–Crippen MR) is 96.4 cm³/mol. The summed E-state index contributed by atoms with van der Waals surface area (Å²) in [7, 11) is 4.59. The van der Waals surface area contributed by atoms with Gasteiger partial charge in [0.15, 0.2) is 11.5 Å². The Balaban J connectivity index is 2.08. The van der Waals surface area contributed by atoms with Gasteiger partial charge >= 0.3 is 5.97 Å². The van der Waals surface area contributed by atoms with E-state index in [2.05, 4.69) is 0 Å². The van der Waals surface area contributed by atoms with E-state index in [1.54, 1.807) is 30.3 Å². The molecule has 0 aromatic heterocycles. The highest BCUT2D eigenvalue weighted by molar-refractivity contribution is 6.31. The second kappa shape index (κ2) is 8.99. The molecular formula is C19H19ClO5. The molecule has 0 aliphatic heterocycles. The highest BCUT2D eigenvalue weighted by atomic mass is 35.5. The Bertz CT molecular complexity index is 745. The Morgan fingerprint density at radius 1 is 1.04 bits per heavy atom. The molecule has 0 aliphatic carbocycles. The number of rotatable bonds is 7. The number of esters is 1. The number of hydrogen-bond acceptors (Lipinski definition) is 5.